The molecule has 0 saturated carbocycles. The number of fused-ring (bicyclic) bond motifs is 3. The van der Waals surface area contributed by atoms with Gasteiger partial charge in [-0.25, -0.2) is 0 Å². The van der Waals surface area contributed by atoms with E-state index >= 15 is 0 Å². The number of nitrogens with one attached hydrogen (secondary N) is 1. The summed E-state index contributed by atoms with van der Waals surface area (Å²) in [7, 11) is 0. The molecule has 0 aliphatic carbocycles. The van der Waals surface area contributed by atoms with Gasteiger partial charge >= 0.3 is 0 Å². The number of rotatable bonds is 5. The second-order valence-electron chi connectivity index (χ2n) is 6.28. The van der Waals surface area contributed by atoms with Crippen LogP contribution >= 0.6 is 0 Å². The van der Waals surface area contributed by atoms with Gasteiger partial charge in [0.05, 0.1) is 6.04 Å². The van der Waals surface area contributed by atoms with Crippen LogP contribution in [0.5, 0.6) is 5.75 Å². The minimum atomic E-state index is -0.208. The molecule has 2 aromatic heterocycles. The monoisotopic (exact) mass is 349 g/mol. The second-order valence-corrected chi connectivity index (χ2v) is 6.28. The first kappa shape index (κ1) is 16.3. The Labute approximate surface area is 150 Å². The molecule has 0 saturated heterocycles. The van der Waals surface area contributed by atoms with Crippen molar-refractivity contribution in [3.8, 4) is 5.75 Å². The van der Waals surface area contributed by atoms with E-state index in [1.165, 1.54) is 0 Å². The summed E-state index contributed by atoms with van der Waals surface area (Å²) < 4.78 is 17.0. The Morgan fingerprint density at radius 1 is 1.04 bits per heavy atom. The van der Waals surface area contributed by atoms with Crippen LogP contribution in [0.3, 0.4) is 0 Å². The van der Waals surface area contributed by atoms with E-state index in [1.54, 1.807) is 6.07 Å². The fourth-order valence-electron chi connectivity index (χ4n) is 2.98. The first-order valence-electron chi connectivity index (χ1n) is 8.50. The minimum absolute atomic E-state index is 0.0642. The third-order valence-corrected chi connectivity index (χ3v) is 4.28. The molecule has 26 heavy (non-hydrogen) atoms. The fraction of sp³-hybridized carbons (Fsp3) is 0.190. The Balaban J connectivity index is 1.44. The lowest BCUT2D eigenvalue weighted by Crippen LogP contribution is -2.31. The van der Waals surface area contributed by atoms with Gasteiger partial charge in [0.25, 0.3) is 5.91 Å². The Morgan fingerprint density at radius 2 is 1.85 bits per heavy atom. The van der Waals surface area contributed by atoms with Crippen LogP contribution in [0.1, 0.15) is 24.5 Å². The predicted molar refractivity (Wildman–Crippen MR) is 99.2 cm³/mol. The molecule has 0 fully saturated rings. The van der Waals surface area contributed by atoms with E-state index in [0.29, 0.717) is 5.75 Å². The number of ether oxygens (including phenoxy) is 1. The lowest BCUT2D eigenvalue weighted by atomic mass is 10.1. The van der Waals surface area contributed by atoms with Gasteiger partial charge in [0, 0.05) is 10.8 Å². The topological polar surface area (TPSA) is 64.6 Å². The molecule has 4 aromatic rings. The summed E-state index contributed by atoms with van der Waals surface area (Å²) in [5, 5.41) is 4.86. The van der Waals surface area contributed by atoms with Gasteiger partial charge in [-0.05, 0) is 50.2 Å². The molecule has 1 N–H and O–H groups in total. The zero-order valence-corrected chi connectivity index (χ0v) is 14.6. The average molecular weight is 349 g/mol. The molecule has 0 spiro atoms. The third kappa shape index (κ3) is 3.16. The van der Waals surface area contributed by atoms with Crippen molar-refractivity contribution in [1.82, 2.24) is 5.32 Å². The maximum absolute atomic E-state index is 12.1. The number of carbonyl (C=O) groups is 1. The standard InChI is InChI=1S/C21H19NO4/c1-13-7-9-18(25-13)14(2)22-21(23)12-24-15-8-10-20-17(11-15)16-5-3-4-6-19(16)26-20/h3-11,14H,12H2,1-2H3,(H,22,23)/t14-/m1/s1. The third-order valence-electron chi connectivity index (χ3n) is 4.28. The molecule has 4 rings (SSSR count). The van der Waals surface area contributed by atoms with Crippen molar-refractivity contribution in [2.45, 2.75) is 19.9 Å². The highest BCUT2D eigenvalue weighted by atomic mass is 16.5. The second kappa shape index (κ2) is 6.59. The van der Waals surface area contributed by atoms with Crippen molar-refractivity contribution in [3.05, 3.63) is 66.1 Å². The zero-order chi connectivity index (χ0) is 18.1. The quantitative estimate of drug-likeness (QED) is 0.565. The van der Waals surface area contributed by atoms with Gasteiger partial charge in [-0.15, -0.1) is 0 Å². The van der Waals surface area contributed by atoms with Crippen molar-refractivity contribution in [3.63, 3.8) is 0 Å². The van der Waals surface area contributed by atoms with E-state index in [1.807, 2.05) is 62.4 Å². The summed E-state index contributed by atoms with van der Waals surface area (Å²) in [4.78, 5) is 12.1. The van der Waals surface area contributed by atoms with Crippen LogP contribution in [0.4, 0.5) is 0 Å². The zero-order valence-electron chi connectivity index (χ0n) is 14.6. The molecule has 2 heterocycles. The van der Waals surface area contributed by atoms with Gasteiger partial charge in [-0.2, -0.15) is 0 Å². The van der Waals surface area contributed by atoms with Crippen LogP contribution in [-0.4, -0.2) is 12.5 Å². The highest BCUT2D eigenvalue weighted by molar-refractivity contribution is 6.05. The summed E-state index contributed by atoms with van der Waals surface area (Å²) in [5.41, 5.74) is 1.63. The number of hydrogen-bond acceptors (Lipinski definition) is 4. The highest BCUT2D eigenvalue weighted by Gasteiger charge is 2.14. The average Bonchev–Trinajstić information content (AvgIpc) is 3.23. The maximum Gasteiger partial charge on any atom is 0.258 e. The predicted octanol–water partition coefficient (Wildman–Crippen LogP) is 4.74. The largest absolute Gasteiger partial charge is 0.484 e. The SMILES string of the molecule is Cc1ccc([C@@H](C)NC(=O)COc2ccc3oc4ccccc4c3c2)o1. The molecule has 132 valence electrons. The molecule has 0 radical (unpaired) electrons. The van der Waals surface area contributed by atoms with E-state index in [2.05, 4.69) is 5.32 Å². The smallest absolute Gasteiger partial charge is 0.258 e. The number of furan rings is 2. The van der Waals surface area contributed by atoms with Crippen LogP contribution in [0.15, 0.2) is 63.4 Å². The van der Waals surface area contributed by atoms with Gasteiger partial charge in [0.2, 0.25) is 0 Å². The summed E-state index contributed by atoms with van der Waals surface area (Å²) in [6.45, 7) is 3.68. The van der Waals surface area contributed by atoms with Crippen LogP contribution in [0.25, 0.3) is 21.9 Å². The van der Waals surface area contributed by atoms with E-state index < -0.39 is 0 Å². The molecule has 2 aromatic carbocycles. The molecule has 0 unspecified atom stereocenters. The van der Waals surface area contributed by atoms with Crippen LogP contribution in [0.2, 0.25) is 0 Å². The van der Waals surface area contributed by atoms with E-state index in [4.69, 9.17) is 13.6 Å². The van der Waals surface area contributed by atoms with Crippen LogP contribution < -0.4 is 10.1 Å². The molecule has 5 heteroatoms. The van der Waals surface area contributed by atoms with Crippen molar-refractivity contribution in [2.75, 3.05) is 6.61 Å². The van der Waals surface area contributed by atoms with Gasteiger partial charge in [0.15, 0.2) is 6.61 Å². The van der Waals surface area contributed by atoms with Crippen LogP contribution in [-0.2, 0) is 4.79 Å². The fourth-order valence-corrected chi connectivity index (χ4v) is 2.98. The maximum atomic E-state index is 12.1. The number of aryl methyl sites for hydroxylation is 1. The van der Waals surface area contributed by atoms with Crippen molar-refractivity contribution < 1.29 is 18.4 Å². The first-order valence-corrected chi connectivity index (χ1v) is 8.50. The van der Waals surface area contributed by atoms with E-state index in [9.17, 15) is 4.79 Å². The van der Waals surface area contributed by atoms with Crippen molar-refractivity contribution in [1.29, 1.82) is 0 Å². The molecule has 0 bridgehead atoms. The molecular weight excluding hydrogens is 330 g/mol. The molecule has 5 nitrogen and oxygen atoms in total. The Morgan fingerprint density at radius 3 is 2.65 bits per heavy atom. The van der Waals surface area contributed by atoms with E-state index in [0.717, 1.165) is 33.5 Å². The number of para-hydroxylation sites is 1. The highest BCUT2D eigenvalue weighted by Crippen LogP contribution is 2.31. The molecule has 1 amide bonds. The van der Waals surface area contributed by atoms with Crippen molar-refractivity contribution >= 4 is 27.8 Å². The summed E-state index contributed by atoms with van der Waals surface area (Å²) in [6, 6.07) is 16.9. The summed E-state index contributed by atoms with van der Waals surface area (Å²) >= 11 is 0. The molecule has 1 atom stereocenters. The summed E-state index contributed by atoms with van der Waals surface area (Å²) in [5.74, 6) is 1.96. The van der Waals surface area contributed by atoms with Gasteiger partial charge < -0.3 is 18.9 Å². The lowest BCUT2D eigenvalue weighted by molar-refractivity contribution is -0.123. The van der Waals surface area contributed by atoms with Gasteiger partial charge in [-0.1, -0.05) is 18.2 Å². The number of benzene rings is 2. The minimum Gasteiger partial charge on any atom is -0.484 e. The first-order chi connectivity index (χ1) is 12.6. The molecule has 0 aliphatic heterocycles. The van der Waals surface area contributed by atoms with Crippen molar-refractivity contribution in [2.24, 2.45) is 0 Å². The Kier molecular flexibility index (Phi) is 4.13. The Bertz CT molecular complexity index is 1080. The van der Waals surface area contributed by atoms with Crippen LogP contribution in [0, 0.1) is 6.92 Å². The van der Waals surface area contributed by atoms with Gasteiger partial charge in [-0.3, -0.25) is 4.79 Å². The van der Waals surface area contributed by atoms with E-state index in [-0.39, 0.29) is 18.6 Å². The van der Waals surface area contributed by atoms with Gasteiger partial charge in [0.1, 0.15) is 28.4 Å². The number of hydrogen-bond donors (Lipinski definition) is 1. The summed E-state index contributed by atoms with van der Waals surface area (Å²) in [6.07, 6.45) is 0. The molecular formula is C21H19NO4. The number of carbonyl (C=O) groups excluding carboxylic acids is 1. The molecule has 0 aliphatic rings. The lowest BCUT2D eigenvalue weighted by Gasteiger charge is -2.12. The Hall–Kier alpha value is -3.21. The number of amides is 1. The normalized spacial score (nSPS) is 12.4.